The highest BCUT2D eigenvalue weighted by Crippen LogP contribution is 2.51. The largest absolute Gasteiger partial charge is 0.466 e. The molecule has 3 fully saturated rings. The number of hydrogen-bond donors (Lipinski definition) is 0. The van der Waals surface area contributed by atoms with Crippen molar-refractivity contribution in [3.8, 4) is 0 Å². The van der Waals surface area contributed by atoms with Crippen molar-refractivity contribution in [2.75, 3.05) is 7.11 Å². The standard InChI is InChI=1S/C23H28O10/c1-10-14-16(31-21(27)23(5)11(2)32-23)15(29-12(3)24)13(20(26)28-6)8-7-9-22(4)18(33-22)17(14)30-19(10)25/h8,11,14-18H,1,7,9H2,2-6H3/b13-8+/t11-,14-,15-,16+,17+,18+,22-,23+/m1/s1. The first kappa shape index (κ1) is 23.4. The number of epoxide rings is 2. The zero-order valence-corrected chi connectivity index (χ0v) is 19.2. The second-order valence-electron chi connectivity index (χ2n) is 9.23. The van der Waals surface area contributed by atoms with Crippen LogP contribution in [0.15, 0.2) is 23.8 Å². The molecule has 0 aromatic carbocycles. The monoisotopic (exact) mass is 464 g/mol. The molecule has 10 nitrogen and oxygen atoms in total. The summed E-state index contributed by atoms with van der Waals surface area (Å²) in [7, 11) is 1.19. The predicted octanol–water partition coefficient (Wildman–Crippen LogP) is 1.16. The smallest absolute Gasteiger partial charge is 0.341 e. The Morgan fingerprint density at radius 1 is 1.18 bits per heavy atom. The lowest BCUT2D eigenvalue weighted by molar-refractivity contribution is -0.175. The fourth-order valence-corrected chi connectivity index (χ4v) is 4.66. The third-order valence-corrected chi connectivity index (χ3v) is 6.97. The molecule has 3 aliphatic heterocycles. The summed E-state index contributed by atoms with van der Waals surface area (Å²) in [4.78, 5) is 50.4. The van der Waals surface area contributed by atoms with E-state index in [-0.39, 0.29) is 17.3 Å². The molecule has 0 unspecified atom stereocenters. The van der Waals surface area contributed by atoms with Crippen LogP contribution in [0.4, 0.5) is 0 Å². The summed E-state index contributed by atoms with van der Waals surface area (Å²) in [5.74, 6) is -3.79. The first-order valence-electron chi connectivity index (χ1n) is 10.8. The quantitative estimate of drug-likeness (QED) is 0.258. The van der Waals surface area contributed by atoms with Gasteiger partial charge in [-0.3, -0.25) is 4.79 Å². The van der Waals surface area contributed by atoms with E-state index in [0.717, 1.165) is 0 Å². The summed E-state index contributed by atoms with van der Waals surface area (Å²) in [6.07, 6.45) is -1.87. The van der Waals surface area contributed by atoms with E-state index in [4.69, 9.17) is 28.4 Å². The normalized spacial score (nSPS) is 43.1. The highest BCUT2D eigenvalue weighted by molar-refractivity contribution is 5.93. The van der Waals surface area contributed by atoms with E-state index in [1.165, 1.54) is 14.0 Å². The topological polar surface area (TPSA) is 130 Å². The Morgan fingerprint density at radius 2 is 1.85 bits per heavy atom. The predicted molar refractivity (Wildman–Crippen MR) is 110 cm³/mol. The molecule has 0 aromatic heterocycles. The summed E-state index contributed by atoms with van der Waals surface area (Å²) in [5.41, 5.74) is -1.77. The fourth-order valence-electron chi connectivity index (χ4n) is 4.66. The highest BCUT2D eigenvalue weighted by Gasteiger charge is 2.66. The Balaban J connectivity index is 1.82. The molecular formula is C23H28O10. The van der Waals surface area contributed by atoms with E-state index in [2.05, 4.69) is 6.58 Å². The van der Waals surface area contributed by atoms with Gasteiger partial charge in [0.15, 0.2) is 17.8 Å². The van der Waals surface area contributed by atoms with E-state index >= 15 is 0 Å². The van der Waals surface area contributed by atoms with E-state index in [0.29, 0.717) is 12.8 Å². The van der Waals surface area contributed by atoms with Gasteiger partial charge in [-0.2, -0.15) is 0 Å². The minimum absolute atomic E-state index is 0.00554. The third kappa shape index (κ3) is 3.95. The molecule has 8 atom stereocenters. The molecule has 10 heteroatoms. The number of carbonyl (C=O) groups is 4. The third-order valence-electron chi connectivity index (χ3n) is 6.97. The summed E-state index contributed by atoms with van der Waals surface area (Å²) < 4.78 is 33.2. The molecule has 0 bridgehead atoms. The number of methoxy groups -OCH3 is 1. The van der Waals surface area contributed by atoms with Crippen molar-refractivity contribution in [3.63, 3.8) is 0 Å². The van der Waals surface area contributed by atoms with Crippen molar-refractivity contribution in [2.24, 2.45) is 5.92 Å². The highest BCUT2D eigenvalue weighted by atomic mass is 16.7. The van der Waals surface area contributed by atoms with E-state index in [1.807, 2.05) is 6.92 Å². The van der Waals surface area contributed by atoms with Crippen LogP contribution in [-0.4, -0.2) is 72.7 Å². The fraction of sp³-hybridized carbons (Fsp3) is 0.652. The second-order valence-corrected chi connectivity index (χ2v) is 9.23. The first-order valence-corrected chi connectivity index (χ1v) is 10.8. The molecule has 33 heavy (non-hydrogen) atoms. The number of allylic oxidation sites excluding steroid dienone is 1. The van der Waals surface area contributed by atoms with Crippen molar-refractivity contribution < 1.29 is 47.6 Å². The van der Waals surface area contributed by atoms with Gasteiger partial charge in [-0.25, -0.2) is 14.4 Å². The van der Waals surface area contributed by atoms with Gasteiger partial charge >= 0.3 is 23.9 Å². The van der Waals surface area contributed by atoms with Crippen molar-refractivity contribution >= 4 is 23.9 Å². The van der Waals surface area contributed by atoms with Crippen LogP contribution in [0.2, 0.25) is 0 Å². The Morgan fingerprint density at radius 3 is 2.42 bits per heavy atom. The van der Waals surface area contributed by atoms with Gasteiger partial charge in [0, 0.05) is 12.5 Å². The maximum absolute atomic E-state index is 13.1. The number of carbonyl (C=O) groups excluding carboxylic acids is 4. The molecule has 0 radical (unpaired) electrons. The maximum Gasteiger partial charge on any atom is 0.341 e. The summed E-state index contributed by atoms with van der Waals surface area (Å²) in [5, 5.41) is 0. The molecule has 0 N–H and O–H groups in total. The Hall–Kier alpha value is -2.72. The van der Waals surface area contributed by atoms with Crippen LogP contribution in [0.25, 0.3) is 0 Å². The van der Waals surface area contributed by atoms with E-state index < -0.39 is 65.4 Å². The van der Waals surface area contributed by atoms with E-state index in [9.17, 15) is 19.2 Å². The zero-order chi connectivity index (χ0) is 24.3. The van der Waals surface area contributed by atoms with Gasteiger partial charge in [0.05, 0.1) is 30.3 Å². The van der Waals surface area contributed by atoms with Gasteiger partial charge in [0.2, 0.25) is 0 Å². The number of fused-ring (bicyclic) bond motifs is 3. The molecule has 1 aliphatic carbocycles. The minimum Gasteiger partial charge on any atom is -0.466 e. The van der Waals surface area contributed by atoms with Crippen LogP contribution in [-0.2, 0) is 47.6 Å². The van der Waals surface area contributed by atoms with Crippen molar-refractivity contribution in [1.82, 2.24) is 0 Å². The number of ether oxygens (including phenoxy) is 6. The zero-order valence-electron chi connectivity index (χ0n) is 19.2. The van der Waals surface area contributed by atoms with Gasteiger partial charge in [-0.05, 0) is 33.6 Å². The number of esters is 4. The number of hydrogen-bond acceptors (Lipinski definition) is 10. The lowest BCUT2D eigenvalue weighted by Crippen LogP contribution is -2.49. The van der Waals surface area contributed by atoms with Crippen molar-refractivity contribution in [3.05, 3.63) is 23.8 Å². The van der Waals surface area contributed by atoms with E-state index in [1.54, 1.807) is 19.9 Å². The van der Waals surface area contributed by atoms with Crippen molar-refractivity contribution in [2.45, 2.75) is 82.3 Å². The SMILES string of the molecule is C=C1C(=O)O[C@H]2[C@H]1[C@H](OC(=O)[C@@]1(C)O[C@@H]1C)[C@H](OC(C)=O)/C(C(=O)OC)=C\CC[C@@]1(C)O[C@@H]21. The lowest BCUT2D eigenvalue weighted by atomic mass is 9.80. The Bertz CT molecular complexity index is 953. The molecule has 3 saturated heterocycles. The molecule has 180 valence electrons. The van der Waals surface area contributed by atoms with Gasteiger partial charge in [-0.1, -0.05) is 12.7 Å². The molecule has 0 aromatic rings. The average Bonchev–Trinajstić information content (AvgIpc) is 3.57. The molecule has 0 amide bonds. The van der Waals surface area contributed by atoms with Crippen LogP contribution in [0, 0.1) is 5.92 Å². The second kappa shape index (κ2) is 7.95. The lowest BCUT2D eigenvalue weighted by Gasteiger charge is -2.34. The average molecular weight is 464 g/mol. The minimum atomic E-state index is -1.36. The van der Waals surface area contributed by atoms with Gasteiger partial charge < -0.3 is 28.4 Å². The Labute approximate surface area is 191 Å². The number of rotatable bonds is 4. The summed E-state index contributed by atoms with van der Waals surface area (Å²) in [6.45, 7) is 10.2. The van der Waals surface area contributed by atoms with Gasteiger partial charge in [-0.15, -0.1) is 0 Å². The van der Waals surface area contributed by atoms with Crippen molar-refractivity contribution in [1.29, 1.82) is 0 Å². The van der Waals surface area contributed by atoms with Crippen LogP contribution < -0.4 is 0 Å². The van der Waals surface area contributed by atoms with Crippen LogP contribution in [0.3, 0.4) is 0 Å². The molecule has 0 spiro atoms. The molecular weight excluding hydrogens is 436 g/mol. The maximum atomic E-state index is 13.1. The van der Waals surface area contributed by atoms with Crippen LogP contribution in [0.5, 0.6) is 0 Å². The van der Waals surface area contributed by atoms with Crippen LogP contribution in [0.1, 0.15) is 40.5 Å². The first-order chi connectivity index (χ1) is 15.4. The van der Waals surface area contributed by atoms with Crippen LogP contribution >= 0.6 is 0 Å². The molecule has 0 saturated carbocycles. The molecule has 3 heterocycles. The van der Waals surface area contributed by atoms with Gasteiger partial charge in [0.1, 0.15) is 12.2 Å². The van der Waals surface area contributed by atoms with Gasteiger partial charge in [0.25, 0.3) is 0 Å². The summed E-state index contributed by atoms with van der Waals surface area (Å²) in [6, 6.07) is 0. The molecule has 4 rings (SSSR count). The Kier molecular flexibility index (Phi) is 5.65. The molecule has 4 aliphatic rings. The summed E-state index contributed by atoms with van der Waals surface area (Å²) >= 11 is 0.